The lowest BCUT2D eigenvalue weighted by Crippen LogP contribution is -1.98. The summed E-state index contributed by atoms with van der Waals surface area (Å²) in [6, 6.07) is 4.65. The number of hydrogen-bond donors (Lipinski definition) is 1. The minimum Gasteiger partial charge on any atom is -0.324 e. The maximum absolute atomic E-state index is 14.3. The number of fused-ring (bicyclic) bond motifs is 1. The minimum atomic E-state index is -0.602. The van der Waals surface area contributed by atoms with Gasteiger partial charge in [-0.1, -0.05) is 23.2 Å². The second-order valence-electron chi connectivity index (χ2n) is 5.91. The molecule has 10 heteroatoms. The molecular formula is C18H11Cl2FN6O. The molecule has 4 aromatic rings. The molecule has 140 valence electrons. The Hall–Kier alpha value is -3.10. The van der Waals surface area contributed by atoms with E-state index in [-0.39, 0.29) is 15.6 Å². The zero-order valence-corrected chi connectivity index (χ0v) is 15.8. The van der Waals surface area contributed by atoms with Crippen molar-refractivity contribution in [1.29, 1.82) is 0 Å². The van der Waals surface area contributed by atoms with E-state index >= 15 is 0 Å². The summed E-state index contributed by atoms with van der Waals surface area (Å²) in [5, 5.41) is 8.10. The van der Waals surface area contributed by atoms with Gasteiger partial charge >= 0.3 is 0 Å². The molecule has 1 aromatic carbocycles. The molecule has 0 unspecified atom stereocenters. The molecule has 0 saturated heterocycles. The van der Waals surface area contributed by atoms with Gasteiger partial charge in [-0.25, -0.2) is 24.0 Å². The van der Waals surface area contributed by atoms with E-state index in [1.54, 1.807) is 12.3 Å². The van der Waals surface area contributed by atoms with Crippen LogP contribution in [0, 0.1) is 12.7 Å². The maximum atomic E-state index is 14.3. The van der Waals surface area contributed by atoms with Crippen LogP contribution in [0.25, 0.3) is 16.6 Å². The third-order valence-electron chi connectivity index (χ3n) is 3.96. The highest BCUT2D eigenvalue weighted by atomic mass is 35.5. The highest BCUT2D eigenvalue weighted by molar-refractivity contribution is 6.38. The standard InChI is InChI=1S/C18H11Cl2FN6O/c1-9-2-15(24-8-23-9)25-18-11-6-27(26-16(11)14(21)5-22-18)17-12(19)3-10(7-28)4-13(17)20/h2-8H,1H3,(H,22,23,24,25). The van der Waals surface area contributed by atoms with Crippen LogP contribution in [-0.4, -0.2) is 31.0 Å². The van der Waals surface area contributed by atoms with Gasteiger partial charge in [0.1, 0.15) is 35.5 Å². The summed E-state index contributed by atoms with van der Waals surface area (Å²) in [5.41, 5.74) is 1.49. The number of rotatable bonds is 4. The summed E-state index contributed by atoms with van der Waals surface area (Å²) in [6.07, 6.45) is 4.66. The molecule has 0 aliphatic rings. The van der Waals surface area contributed by atoms with Crippen LogP contribution in [0.5, 0.6) is 0 Å². The number of pyridine rings is 1. The van der Waals surface area contributed by atoms with Crippen LogP contribution in [0.2, 0.25) is 10.0 Å². The Bertz CT molecular complexity index is 1200. The Labute approximate surface area is 168 Å². The predicted octanol–water partition coefficient (Wildman–Crippen LogP) is 4.52. The molecule has 0 bridgehead atoms. The van der Waals surface area contributed by atoms with Crippen LogP contribution < -0.4 is 5.32 Å². The average molecular weight is 417 g/mol. The van der Waals surface area contributed by atoms with Crippen molar-refractivity contribution in [2.24, 2.45) is 0 Å². The third-order valence-corrected chi connectivity index (χ3v) is 4.53. The lowest BCUT2D eigenvalue weighted by molar-refractivity contribution is 0.112. The zero-order valence-electron chi connectivity index (χ0n) is 14.3. The smallest absolute Gasteiger partial charge is 0.169 e. The second kappa shape index (κ2) is 7.14. The van der Waals surface area contributed by atoms with Gasteiger partial charge in [-0.2, -0.15) is 5.10 Å². The Balaban J connectivity index is 1.85. The molecule has 0 radical (unpaired) electrons. The molecule has 0 atom stereocenters. The largest absolute Gasteiger partial charge is 0.324 e. The summed E-state index contributed by atoms with van der Waals surface area (Å²) in [4.78, 5) is 23.2. The number of carbonyl (C=O) groups excluding carboxylic acids is 1. The molecule has 28 heavy (non-hydrogen) atoms. The van der Waals surface area contributed by atoms with Crippen LogP contribution in [0.4, 0.5) is 16.0 Å². The van der Waals surface area contributed by atoms with E-state index in [9.17, 15) is 9.18 Å². The fraction of sp³-hybridized carbons (Fsp3) is 0.0556. The van der Waals surface area contributed by atoms with Gasteiger partial charge < -0.3 is 5.32 Å². The Kier molecular flexibility index (Phi) is 4.66. The first-order valence-electron chi connectivity index (χ1n) is 8.00. The molecule has 0 aliphatic heterocycles. The van der Waals surface area contributed by atoms with Gasteiger partial charge in [0.25, 0.3) is 0 Å². The van der Waals surface area contributed by atoms with E-state index in [0.717, 1.165) is 11.9 Å². The van der Waals surface area contributed by atoms with E-state index in [1.165, 1.54) is 23.1 Å². The molecule has 4 rings (SSSR count). The van der Waals surface area contributed by atoms with E-state index in [1.807, 2.05) is 6.92 Å². The summed E-state index contributed by atoms with van der Waals surface area (Å²) in [6.45, 7) is 1.82. The van der Waals surface area contributed by atoms with Crippen molar-refractivity contribution >= 4 is 52.0 Å². The molecule has 0 fully saturated rings. The van der Waals surface area contributed by atoms with Crippen LogP contribution in [0.1, 0.15) is 16.1 Å². The van der Waals surface area contributed by atoms with Gasteiger partial charge in [-0.05, 0) is 19.1 Å². The molecule has 1 N–H and O–H groups in total. The first-order valence-corrected chi connectivity index (χ1v) is 8.76. The first kappa shape index (κ1) is 18.3. The number of anilines is 2. The number of hydrogen-bond acceptors (Lipinski definition) is 6. The van der Waals surface area contributed by atoms with Crippen LogP contribution in [0.15, 0.2) is 36.9 Å². The highest BCUT2D eigenvalue weighted by Gasteiger charge is 2.17. The fourth-order valence-corrected chi connectivity index (χ4v) is 3.38. The summed E-state index contributed by atoms with van der Waals surface area (Å²) < 4.78 is 15.7. The number of carbonyl (C=O) groups is 1. The Morgan fingerprint density at radius 2 is 1.89 bits per heavy atom. The van der Waals surface area contributed by atoms with Gasteiger partial charge in [0.2, 0.25) is 0 Å². The molecule has 3 heterocycles. The maximum Gasteiger partial charge on any atom is 0.169 e. The number of aryl methyl sites for hydroxylation is 1. The van der Waals surface area contributed by atoms with Crippen molar-refractivity contribution in [3.05, 3.63) is 64.0 Å². The fourth-order valence-electron chi connectivity index (χ4n) is 2.71. The van der Waals surface area contributed by atoms with Crippen molar-refractivity contribution in [3.8, 4) is 5.69 Å². The summed E-state index contributed by atoms with van der Waals surface area (Å²) >= 11 is 12.5. The lowest BCUT2D eigenvalue weighted by atomic mass is 10.2. The van der Waals surface area contributed by atoms with Gasteiger partial charge in [0.15, 0.2) is 5.82 Å². The van der Waals surface area contributed by atoms with Gasteiger partial charge in [0, 0.05) is 23.5 Å². The topological polar surface area (TPSA) is 85.6 Å². The van der Waals surface area contributed by atoms with Crippen LogP contribution in [0.3, 0.4) is 0 Å². The van der Waals surface area contributed by atoms with Crippen molar-refractivity contribution in [3.63, 3.8) is 0 Å². The predicted molar refractivity (Wildman–Crippen MR) is 104 cm³/mol. The molecule has 7 nitrogen and oxygen atoms in total. The SMILES string of the molecule is Cc1cc(Nc2ncc(F)c3nn(-c4c(Cl)cc(C=O)cc4Cl)cc23)ncn1. The highest BCUT2D eigenvalue weighted by Crippen LogP contribution is 2.32. The van der Waals surface area contributed by atoms with Gasteiger partial charge in [-0.3, -0.25) is 4.79 Å². The Morgan fingerprint density at radius 3 is 2.57 bits per heavy atom. The number of aldehydes is 1. The lowest BCUT2D eigenvalue weighted by Gasteiger charge is -2.07. The monoisotopic (exact) mass is 416 g/mol. The third kappa shape index (κ3) is 3.28. The minimum absolute atomic E-state index is 0.0786. The van der Waals surface area contributed by atoms with E-state index < -0.39 is 5.82 Å². The average Bonchev–Trinajstić information content (AvgIpc) is 3.09. The number of nitrogens with zero attached hydrogens (tertiary/aromatic N) is 5. The number of nitrogens with one attached hydrogen (secondary N) is 1. The van der Waals surface area contributed by atoms with Gasteiger partial charge in [-0.15, -0.1) is 0 Å². The number of aromatic nitrogens is 5. The second-order valence-corrected chi connectivity index (χ2v) is 6.73. The number of halogens is 3. The van der Waals surface area contributed by atoms with Gasteiger partial charge in [0.05, 0.1) is 21.6 Å². The molecule has 0 aliphatic carbocycles. The van der Waals surface area contributed by atoms with Crippen molar-refractivity contribution in [2.75, 3.05) is 5.32 Å². The van der Waals surface area contributed by atoms with Crippen LogP contribution in [-0.2, 0) is 0 Å². The van der Waals surface area contributed by atoms with E-state index in [2.05, 4.69) is 25.4 Å². The van der Waals surface area contributed by atoms with E-state index in [0.29, 0.717) is 34.6 Å². The summed E-state index contributed by atoms with van der Waals surface area (Å²) in [7, 11) is 0. The summed E-state index contributed by atoms with van der Waals surface area (Å²) in [5.74, 6) is 0.263. The van der Waals surface area contributed by atoms with Crippen molar-refractivity contribution < 1.29 is 9.18 Å². The molecule has 0 spiro atoms. The quantitative estimate of drug-likeness (QED) is 0.492. The van der Waals surface area contributed by atoms with E-state index in [4.69, 9.17) is 23.2 Å². The molecular weight excluding hydrogens is 406 g/mol. The number of benzene rings is 1. The Morgan fingerprint density at radius 1 is 1.14 bits per heavy atom. The normalized spacial score (nSPS) is 11.0. The molecule has 3 aromatic heterocycles. The van der Waals surface area contributed by atoms with Crippen molar-refractivity contribution in [1.82, 2.24) is 24.7 Å². The first-order chi connectivity index (χ1) is 13.5. The van der Waals surface area contributed by atoms with Crippen LogP contribution >= 0.6 is 23.2 Å². The van der Waals surface area contributed by atoms with Crippen molar-refractivity contribution in [2.45, 2.75) is 6.92 Å². The molecule has 0 amide bonds. The zero-order chi connectivity index (χ0) is 19.8. The molecule has 0 saturated carbocycles.